The lowest BCUT2D eigenvalue weighted by atomic mass is 9.86. The Kier molecular flexibility index (Phi) is 8.11. The van der Waals surface area contributed by atoms with E-state index in [9.17, 15) is 19.2 Å². The van der Waals surface area contributed by atoms with Crippen LogP contribution in [0, 0.1) is 55.4 Å². The quantitative estimate of drug-likeness (QED) is 0.167. The van der Waals surface area contributed by atoms with E-state index in [-0.39, 0.29) is 23.6 Å². The topological polar surface area (TPSA) is 74.8 Å². The van der Waals surface area contributed by atoms with Gasteiger partial charge >= 0.3 is 0 Å². The van der Waals surface area contributed by atoms with Gasteiger partial charge in [0.1, 0.15) is 0 Å². The van der Waals surface area contributed by atoms with Crippen molar-refractivity contribution in [2.45, 2.75) is 55.4 Å². The van der Waals surface area contributed by atoms with E-state index in [1.165, 1.54) is 9.80 Å². The monoisotopic (exact) mass is 708 g/mol. The number of anilines is 2. The molecule has 54 heavy (non-hydrogen) atoms. The normalized spacial score (nSPS) is 13.6. The molecule has 2 aliphatic rings. The Morgan fingerprint density at radius 3 is 1.31 bits per heavy atom. The summed E-state index contributed by atoms with van der Waals surface area (Å²) in [5.74, 6) is -1.33. The number of imide groups is 2. The lowest BCUT2D eigenvalue weighted by Crippen LogP contribution is -2.31. The standard InChI is InChI=1S/C48H40N2O4/c1-25-9-13-33(14-10-25)35-17-19-37-40(23-35)47(53)49(45(37)51)42-22-27(3)43(31(7)30(42)6)39-21-28(4)44(32(8)29(39)5)50-46(52)38-20-18-36(24-41(38)48(50)54)34-15-11-26(2)12-16-34/h9-24H,1-8H3. The minimum absolute atomic E-state index is 0.330. The SMILES string of the molecule is Cc1ccc(-c2ccc3c(c2)C(=O)N(c2cc(C)c(-c4cc(C)c(N5C(=O)c6ccc(-c7ccc(C)cc7)cc6C5=O)c(C)c4C)c(C)c2C)C3=O)cc1. The molecular formula is C48H40N2O4. The second-order valence-electron chi connectivity index (χ2n) is 14.8. The molecule has 2 heterocycles. The number of hydrogen-bond acceptors (Lipinski definition) is 4. The number of fused-ring (bicyclic) bond motifs is 2. The van der Waals surface area contributed by atoms with Gasteiger partial charge in [-0.05, 0) is 159 Å². The highest BCUT2D eigenvalue weighted by atomic mass is 16.2. The molecule has 6 nitrogen and oxygen atoms in total. The molecule has 6 aromatic carbocycles. The highest BCUT2D eigenvalue weighted by Gasteiger charge is 2.40. The summed E-state index contributed by atoms with van der Waals surface area (Å²) in [6.07, 6.45) is 0. The summed E-state index contributed by atoms with van der Waals surface area (Å²) in [5, 5.41) is 0. The van der Waals surface area contributed by atoms with Crippen LogP contribution in [-0.4, -0.2) is 23.6 Å². The zero-order valence-electron chi connectivity index (χ0n) is 31.8. The van der Waals surface area contributed by atoms with Crippen LogP contribution in [0.4, 0.5) is 11.4 Å². The molecule has 0 aromatic heterocycles. The molecule has 0 fully saturated rings. The van der Waals surface area contributed by atoms with E-state index in [4.69, 9.17) is 0 Å². The summed E-state index contributed by atoms with van der Waals surface area (Å²) in [6, 6.07) is 31.1. The van der Waals surface area contributed by atoms with E-state index in [2.05, 4.69) is 0 Å². The predicted octanol–water partition coefficient (Wildman–Crippen LogP) is 10.8. The van der Waals surface area contributed by atoms with Gasteiger partial charge in [0.25, 0.3) is 23.6 Å². The first-order valence-corrected chi connectivity index (χ1v) is 18.2. The number of benzene rings is 6. The van der Waals surface area contributed by atoms with Crippen molar-refractivity contribution in [3.8, 4) is 33.4 Å². The second-order valence-corrected chi connectivity index (χ2v) is 14.8. The molecule has 0 unspecified atom stereocenters. The van der Waals surface area contributed by atoms with Gasteiger partial charge in [-0.2, -0.15) is 0 Å². The fourth-order valence-corrected chi connectivity index (χ4v) is 8.13. The second kappa shape index (κ2) is 12.6. The summed E-state index contributed by atoms with van der Waals surface area (Å²) in [7, 11) is 0. The minimum atomic E-state index is -0.335. The third kappa shape index (κ3) is 5.24. The van der Waals surface area contributed by atoms with Crippen LogP contribution < -0.4 is 9.80 Å². The smallest absolute Gasteiger partial charge is 0.266 e. The van der Waals surface area contributed by atoms with Crippen LogP contribution in [0.15, 0.2) is 97.1 Å². The summed E-state index contributed by atoms with van der Waals surface area (Å²) in [4.78, 5) is 58.3. The number of carbonyl (C=O) groups excluding carboxylic acids is 4. The summed E-state index contributed by atoms with van der Waals surface area (Å²) in [6.45, 7) is 15.9. The molecule has 6 aromatic rings. The van der Waals surface area contributed by atoms with Crippen LogP contribution in [0.25, 0.3) is 33.4 Å². The maximum absolute atomic E-state index is 14.0. The van der Waals surface area contributed by atoms with Crippen molar-refractivity contribution in [1.29, 1.82) is 0 Å². The molecule has 8 rings (SSSR count). The number of carbonyl (C=O) groups is 4. The number of amides is 4. The molecule has 0 spiro atoms. The van der Waals surface area contributed by atoms with Gasteiger partial charge in [0, 0.05) is 0 Å². The van der Waals surface area contributed by atoms with Crippen LogP contribution >= 0.6 is 0 Å². The van der Waals surface area contributed by atoms with E-state index in [1.807, 2.05) is 140 Å². The average Bonchev–Trinajstić information content (AvgIpc) is 3.55. The van der Waals surface area contributed by atoms with Crippen molar-refractivity contribution in [2.24, 2.45) is 0 Å². The highest BCUT2D eigenvalue weighted by molar-refractivity contribution is 6.36. The van der Waals surface area contributed by atoms with Crippen LogP contribution in [0.3, 0.4) is 0 Å². The molecule has 0 saturated carbocycles. The largest absolute Gasteiger partial charge is 0.268 e. The Balaban J connectivity index is 1.14. The molecule has 4 amide bonds. The van der Waals surface area contributed by atoms with Crippen LogP contribution in [0.1, 0.15) is 85.9 Å². The third-order valence-corrected chi connectivity index (χ3v) is 11.4. The first-order chi connectivity index (χ1) is 25.8. The number of nitrogens with zero attached hydrogens (tertiary/aromatic N) is 2. The molecule has 0 radical (unpaired) electrons. The van der Waals surface area contributed by atoms with Gasteiger partial charge < -0.3 is 0 Å². The van der Waals surface area contributed by atoms with E-state index < -0.39 is 0 Å². The fraction of sp³-hybridized carbons (Fsp3) is 0.167. The molecule has 0 bridgehead atoms. The average molecular weight is 709 g/mol. The Morgan fingerprint density at radius 2 is 0.796 bits per heavy atom. The van der Waals surface area contributed by atoms with E-state index in [0.29, 0.717) is 33.6 Å². The Labute approximate surface area is 315 Å². The number of hydrogen-bond donors (Lipinski definition) is 0. The molecule has 0 aliphatic carbocycles. The molecule has 0 saturated heterocycles. The van der Waals surface area contributed by atoms with Crippen molar-refractivity contribution in [2.75, 3.05) is 9.80 Å². The van der Waals surface area contributed by atoms with Crippen molar-refractivity contribution in [3.63, 3.8) is 0 Å². The zero-order valence-corrected chi connectivity index (χ0v) is 31.8. The Bertz CT molecular complexity index is 2650. The molecule has 6 heteroatoms. The van der Waals surface area contributed by atoms with Crippen LogP contribution in [0.5, 0.6) is 0 Å². The predicted molar refractivity (Wildman–Crippen MR) is 216 cm³/mol. The molecule has 266 valence electrons. The number of aryl methyl sites for hydroxylation is 4. The van der Waals surface area contributed by atoms with Gasteiger partial charge in [-0.1, -0.05) is 71.8 Å². The van der Waals surface area contributed by atoms with Crippen LogP contribution in [-0.2, 0) is 0 Å². The third-order valence-electron chi connectivity index (χ3n) is 11.4. The van der Waals surface area contributed by atoms with Crippen molar-refractivity contribution in [3.05, 3.63) is 164 Å². The van der Waals surface area contributed by atoms with Gasteiger partial charge in [-0.15, -0.1) is 0 Å². The van der Waals surface area contributed by atoms with E-state index in [0.717, 1.165) is 77.9 Å². The minimum Gasteiger partial charge on any atom is -0.268 e. The van der Waals surface area contributed by atoms with Crippen molar-refractivity contribution < 1.29 is 19.2 Å². The van der Waals surface area contributed by atoms with Gasteiger partial charge in [0.15, 0.2) is 0 Å². The number of rotatable bonds is 5. The first kappa shape index (κ1) is 34.7. The molecule has 0 N–H and O–H groups in total. The summed E-state index contributed by atoms with van der Waals surface area (Å²) < 4.78 is 0. The van der Waals surface area contributed by atoms with Gasteiger partial charge in [0.2, 0.25) is 0 Å². The van der Waals surface area contributed by atoms with E-state index >= 15 is 0 Å². The molecule has 0 atom stereocenters. The summed E-state index contributed by atoms with van der Waals surface area (Å²) >= 11 is 0. The maximum Gasteiger partial charge on any atom is 0.266 e. The maximum atomic E-state index is 14.0. The lowest BCUT2D eigenvalue weighted by molar-refractivity contribution is 0.0910. The molecule has 2 aliphatic heterocycles. The Morgan fingerprint density at radius 1 is 0.352 bits per heavy atom. The van der Waals surface area contributed by atoms with Crippen molar-refractivity contribution >= 4 is 35.0 Å². The van der Waals surface area contributed by atoms with Gasteiger partial charge in [0.05, 0.1) is 33.6 Å². The van der Waals surface area contributed by atoms with E-state index in [1.54, 1.807) is 12.1 Å². The summed E-state index contributed by atoms with van der Waals surface area (Å²) in [5.41, 5.74) is 16.0. The molecular weight excluding hydrogens is 669 g/mol. The Hall–Kier alpha value is -6.40. The highest BCUT2D eigenvalue weighted by Crippen LogP contribution is 2.44. The van der Waals surface area contributed by atoms with Crippen molar-refractivity contribution in [1.82, 2.24) is 0 Å². The fourth-order valence-electron chi connectivity index (χ4n) is 8.13. The van der Waals surface area contributed by atoms with Gasteiger partial charge in [-0.3, -0.25) is 19.2 Å². The zero-order chi connectivity index (χ0) is 38.3. The van der Waals surface area contributed by atoms with Crippen LogP contribution in [0.2, 0.25) is 0 Å². The first-order valence-electron chi connectivity index (χ1n) is 18.2. The van der Waals surface area contributed by atoms with Gasteiger partial charge in [-0.25, -0.2) is 9.80 Å². The lowest BCUT2D eigenvalue weighted by Gasteiger charge is -2.26.